The Bertz CT molecular complexity index is 382. The first kappa shape index (κ1) is 13.4. The van der Waals surface area contributed by atoms with Crippen molar-refractivity contribution in [2.75, 3.05) is 6.61 Å². The van der Waals surface area contributed by atoms with Crippen molar-refractivity contribution in [3.05, 3.63) is 23.1 Å². The first-order chi connectivity index (χ1) is 8.13. The van der Waals surface area contributed by atoms with E-state index in [1.165, 1.54) is 6.08 Å². The first-order valence-electron chi connectivity index (χ1n) is 5.72. The predicted molar refractivity (Wildman–Crippen MR) is 61.6 cm³/mol. The van der Waals surface area contributed by atoms with Crippen molar-refractivity contribution >= 4 is 11.8 Å². The number of esters is 1. The van der Waals surface area contributed by atoms with Crippen LogP contribution in [-0.4, -0.2) is 18.4 Å². The fourth-order valence-electron chi connectivity index (χ4n) is 1.42. The summed E-state index contributed by atoms with van der Waals surface area (Å²) in [6.07, 6.45) is 2.36. The third-order valence-electron chi connectivity index (χ3n) is 2.31. The Hall–Kier alpha value is -1.62. The second-order valence-electron chi connectivity index (χ2n) is 3.46. The molecule has 0 aromatic heterocycles. The third-order valence-corrected chi connectivity index (χ3v) is 2.31. The largest absolute Gasteiger partial charge is 0.427 e. The zero-order chi connectivity index (χ0) is 12.8. The molecule has 0 fully saturated rings. The summed E-state index contributed by atoms with van der Waals surface area (Å²) in [6.45, 7) is 5.89. The van der Waals surface area contributed by atoms with E-state index < -0.39 is 5.97 Å². The van der Waals surface area contributed by atoms with Crippen molar-refractivity contribution in [3.63, 3.8) is 0 Å². The number of nitrogens with one attached hydrogen (secondary N) is 1. The highest BCUT2D eigenvalue weighted by atomic mass is 16.6. The first-order valence-corrected chi connectivity index (χ1v) is 5.72. The summed E-state index contributed by atoms with van der Waals surface area (Å²) in [5, 5.41) is 0. The number of allylic oxidation sites excluding steroid dienone is 3. The Morgan fingerprint density at radius 3 is 2.53 bits per heavy atom. The smallest absolute Gasteiger partial charge is 0.349 e. The number of hydrogen-bond acceptors (Lipinski definition) is 5. The second-order valence-corrected chi connectivity index (χ2v) is 3.46. The lowest BCUT2D eigenvalue weighted by Gasteiger charge is -2.17. The number of ether oxygens (including phenoxy) is 1. The van der Waals surface area contributed by atoms with Crippen LogP contribution < -0.4 is 5.48 Å². The number of hydrogen-bond donors (Lipinski definition) is 1. The molecule has 0 spiro atoms. The van der Waals surface area contributed by atoms with E-state index >= 15 is 0 Å². The molecule has 0 unspecified atom stereocenters. The zero-order valence-corrected chi connectivity index (χ0v) is 10.3. The van der Waals surface area contributed by atoms with Crippen LogP contribution in [-0.2, 0) is 19.2 Å². The average molecular weight is 239 g/mol. The lowest BCUT2D eigenvalue weighted by molar-refractivity contribution is -0.138. The standard InChI is InChI=1S/C12H17NO4/c1-4-8-7-10(14)11(12(15)17-8)9(5-2)13-16-6-3/h7,13H,4-6H2,1-3H3. The molecule has 0 saturated heterocycles. The summed E-state index contributed by atoms with van der Waals surface area (Å²) < 4.78 is 5.03. The number of cyclic esters (lactones) is 1. The zero-order valence-electron chi connectivity index (χ0n) is 10.3. The summed E-state index contributed by atoms with van der Waals surface area (Å²) in [6, 6.07) is 0. The van der Waals surface area contributed by atoms with Crippen molar-refractivity contribution < 1.29 is 19.2 Å². The highest BCUT2D eigenvalue weighted by molar-refractivity contribution is 6.24. The van der Waals surface area contributed by atoms with Gasteiger partial charge in [0.15, 0.2) is 5.78 Å². The van der Waals surface area contributed by atoms with E-state index in [0.717, 1.165) is 0 Å². The Morgan fingerprint density at radius 2 is 2.06 bits per heavy atom. The summed E-state index contributed by atoms with van der Waals surface area (Å²) in [5.41, 5.74) is 3.09. The molecule has 0 amide bonds. The van der Waals surface area contributed by atoms with Gasteiger partial charge in [-0.3, -0.25) is 15.1 Å². The number of hydroxylamine groups is 1. The number of carbonyl (C=O) groups is 2. The van der Waals surface area contributed by atoms with E-state index in [4.69, 9.17) is 9.57 Å². The molecule has 1 heterocycles. The molecule has 1 N–H and O–H groups in total. The average Bonchev–Trinajstić information content (AvgIpc) is 2.32. The predicted octanol–water partition coefficient (Wildman–Crippen LogP) is 1.61. The van der Waals surface area contributed by atoms with Crippen molar-refractivity contribution in [3.8, 4) is 0 Å². The number of rotatable bonds is 5. The van der Waals surface area contributed by atoms with Gasteiger partial charge in [-0.15, -0.1) is 0 Å². The number of ketones is 1. The summed E-state index contributed by atoms with van der Waals surface area (Å²) in [5.74, 6) is -0.545. The minimum atomic E-state index is -0.613. The highest BCUT2D eigenvalue weighted by Crippen LogP contribution is 2.19. The van der Waals surface area contributed by atoms with E-state index in [1.807, 2.05) is 13.8 Å². The Kier molecular flexibility index (Phi) is 4.90. The fourth-order valence-corrected chi connectivity index (χ4v) is 1.42. The van der Waals surface area contributed by atoms with Crippen LogP contribution in [0.5, 0.6) is 0 Å². The molecule has 0 atom stereocenters. The van der Waals surface area contributed by atoms with Crippen molar-refractivity contribution in [2.24, 2.45) is 0 Å². The van der Waals surface area contributed by atoms with Gasteiger partial charge in [0.2, 0.25) is 0 Å². The van der Waals surface area contributed by atoms with E-state index in [0.29, 0.717) is 30.9 Å². The van der Waals surface area contributed by atoms with Crippen molar-refractivity contribution in [1.29, 1.82) is 0 Å². The van der Waals surface area contributed by atoms with Crippen LogP contribution in [0, 0.1) is 0 Å². The maximum Gasteiger partial charge on any atom is 0.349 e. The molecule has 5 nitrogen and oxygen atoms in total. The van der Waals surface area contributed by atoms with Crippen molar-refractivity contribution in [1.82, 2.24) is 5.48 Å². The van der Waals surface area contributed by atoms with Crippen LogP contribution in [0.4, 0.5) is 0 Å². The molecule has 0 aromatic rings. The van der Waals surface area contributed by atoms with Crippen LogP contribution in [0.2, 0.25) is 0 Å². The molecule has 17 heavy (non-hydrogen) atoms. The molecule has 0 aromatic carbocycles. The molecule has 0 aliphatic carbocycles. The molecule has 5 heteroatoms. The number of carbonyl (C=O) groups excluding carboxylic acids is 2. The molecule has 0 saturated carbocycles. The van der Waals surface area contributed by atoms with Crippen LogP contribution >= 0.6 is 0 Å². The molecule has 1 aliphatic heterocycles. The normalized spacial score (nSPS) is 18.6. The van der Waals surface area contributed by atoms with Gasteiger partial charge in [-0.25, -0.2) is 4.79 Å². The Balaban J connectivity index is 3.02. The van der Waals surface area contributed by atoms with Gasteiger partial charge < -0.3 is 4.74 Å². The molecule has 1 aliphatic rings. The van der Waals surface area contributed by atoms with Crippen LogP contribution in [0.15, 0.2) is 23.1 Å². The quantitative estimate of drug-likeness (QED) is 0.342. The maximum absolute atomic E-state index is 11.8. The third kappa shape index (κ3) is 3.17. The van der Waals surface area contributed by atoms with Crippen molar-refractivity contribution in [2.45, 2.75) is 33.6 Å². The van der Waals surface area contributed by atoms with Crippen LogP contribution in [0.3, 0.4) is 0 Å². The molecular formula is C12H17NO4. The molecule has 94 valence electrons. The Morgan fingerprint density at radius 1 is 1.35 bits per heavy atom. The van der Waals surface area contributed by atoms with E-state index in [-0.39, 0.29) is 11.4 Å². The van der Waals surface area contributed by atoms with E-state index in [2.05, 4.69) is 5.48 Å². The van der Waals surface area contributed by atoms with Gasteiger partial charge in [-0.2, -0.15) is 0 Å². The SMILES string of the molecule is CCONC(CC)=C1C(=O)C=C(CC)OC1=O. The summed E-state index contributed by atoms with van der Waals surface area (Å²) >= 11 is 0. The summed E-state index contributed by atoms with van der Waals surface area (Å²) in [4.78, 5) is 28.5. The van der Waals surface area contributed by atoms with Gasteiger partial charge in [0, 0.05) is 12.5 Å². The van der Waals surface area contributed by atoms with Gasteiger partial charge in [0.05, 0.1) is 12.3 Å². The maximum atomic E-state index is 11.8. The molecule has 1 rings (SSSR count). The summed E-state index contributed by atoms with van der Waals surface area (Å²) in [7, 11) is 0. The van der Waals surface area contributed by atoms with Gasteiger partial charge >= 0.3 is 5.97 Å². The lowest BCUT2D eigenvalue weighted by Crippen LogP contribution is -2.27. The van der Waals surface area contributed by atoms with Gasteiger partial charge in [0.25, 0.3) is 0 Å². The molecule has 0 bridgehead atoms. The minimum absolute atomic E-state index is 0.0261. The van der Waals surface area contributed by atoms with E-state index in [9.17, 15) is 9.59 Å². The molecule has 0 radical (unpaired) electrons. The fraction of sp³-hybridized carbons (Fsp3) is 0.500. The lowest BCUT2D eigenvalue weighted by atomic mass is 10.0. The minimum Gasteiger partial charge on any atom is -0.427 e. The van der Waals surface area contributed by atoms with Crippen LogP contribution in [0.25, 0.3) is 0 Å². The monoisotopic (exact) mass is 239 g/mol. The van der Waals surface area contributed by atoms with Crippen LogP contribution in [0.1, 0.15) is 33.6 Å². The van der Waals surface area contributed by atoms with E-state index in [1.54, 1.807) is 6.92 Å². The van der Waals surface area contributed by atoms with Gasteiger partial charge in [-0.1, -0.05) is 13.8 Å². The molecular weight excluding hydrogens is 222 g/mol. The van der Waals surface area contributed by atoms with Gasteiger partial charge in [0.1, 0.15) is 11.3 Å². The second kappa shape index (κ2) is 6.20. The van der Waals surface area contributed by atoms with Gasteiger partial charge in [-0.05, 0) is 13.3 Å². The highest BCUT2D eigenvalue weighted by Gasteiger charge is 2.28. The Labute approximate surface area is 100 Å². The topological polar surface area (TPSA) is 64.6 Å².